The Kier molecular flexibility index (Phi) is 6.80. The molecule has 0 heterocycles. The van der Waals surface area contributed by atoms with Gasteiger partial charge >= 0.3 is 0 Å². The molecule has 0 unspecified atom stereocenters. The second kappa shape index (κ2) is 7.35. The molecule has 0 saturated carbocycles. The molecule has 2 amide bonds. The predicted molar refractivity (Wildman–Crippen MR) is 55.5 cm³/mol. The van der Waals surface area contributed by atoms with E-state index in [0.29, 0.717) is 13.0 Å². The highest BCUT2D eigenvalue weighted by molar-refractivity contribution is 5.77. The lowest BCUT2D eigenvalue weighted by Gasteiger charge is -2.06. The van der Waals surface area contributed by atoms with E-state index in [0.717, 1.165) is 19.3 Å². The molecule has 0 aromatic carbocycles. The Morgan fingerprint density at radius 3 is 2.36 bits per heavy atom. The molecular formula is C10H20N2O2. The van der Waals surface area contributed by atoms with E-state index in [1.54, 1.807) is 0 Å². The maximum Gasteiger partial charge on any atom is 0.222 e. The summed E-state index contributed by atoms with van der Waals surface area (Å²) in [5.74, 6) is -0.128. The minimum atomic E-state index is -0.254. The van der Waals surface area contributed by atoms with Gasteiger partial charge in [-0.2, -0.15) is 0 Å². The molecule has 0 aliphatic rings. The van der Waals surface area contributed by atoms with Crippen molar-refractivity contribution in [2.24, 2.45) is 11.7 Å². The normalized spacial score (nSPS) is 10.2. The van der Waals surface area contributed by atoms with Crippen LogP contribution in [0.25, 0.3) is 0 Å². The third-order valence-corrected chi connectivity index (χ3v) is 1.92. The Hall–Kier alpha value is -1.06. The van der Waals surface area contributed by atoms with Crippen LogP contribution in [0.15, 0.2) is 0 Å². The number of nitrogens with two attached hydrogens (primary N) is 1. The minimum Gasteiger partial charge on any atom is -0.370 e. The highest BCUT2D eigenvalue weighted by Gasteiger charge is 2.04. The Morgan fingerprint density at radius 1 is 1.21 bits per heavy atom. The minimum absolute atomic E-state index is 0.0422. The molecular weight excluding hydrogens is 180 g/mol. The monoisotopic (exact) mass is 200 g/mol. The van der Waals surface area contributed by atoms with Crippen LogP contribution in [-0.2, 0) is 9.59 Å². The third-order valence-electron chi connectivity index (χ3n) is 1.92. The van der Waals surface area contributed by atoms with Crippen LogP contribution in [0.2, 0.25) is 0 Å². The summed E-state index contributed by atoms with van der Waals surface area (Å²) < 4.78 is 0. The van der Waals surface area contributed by atoms with Gasteiger partial charge in [0.05, 0.1) is 0 Å². The van der Waals surface area contributed by atoms with Crippen LogP contribution < -0.4 is 11.1 Å². The van der Waals surface area contributed by atoms with E-state index in [9.17, 15) is 9.59 Å². The number of unbranched alkanes of at least 4 members (excludes halogenated alkanes) is 2. The van der Waals surface area contributed by atoms with Gasteiger partial charge in [-0.25, -0.2) is 0 Å². The van der Waals surface area contributed by atoms with Crippen molar-refractivity contribution in [3.8, 4) is 0 Å². The van der Waals surface area contributed by atoms with Gasteiger partial charge in [-0.15, -0.1) is 0 Å². The van der Waals surface area contributed by atoms with Crippen LogP contribution in [0.1, 0.15) is 39.5 Å². The second-order valence-electron chi connectivity index (χ2n) is 3.72. The number of hydrogen-bond donors (Lipinski definition) is 2. The lowest BCUT2D eigenvalue weighted by atomic mass is 10.1. The molecule has 0 bridgehead atoms. The van der Waals surface area contributed by atoms with Gasteiger partial charge in [-0.1, -0.05) is 20.3 Å². The van der Waals surface area contributed by atoms with Crippen LogP contribution in [0.5, 0.6) is 0 Å². The van der Waals surface area contributed by atoms with Crippen LogP contribution in [0, 0.1) is 5.92 Å². The Morgan fingerprint density at radius 2 is 1.86 bits per heavy atom. The summed E-state index contributed by atoms with van der Waals surface area (Å²) in [4.78, 5) is 21.5. The summed E-state index contributed by atoms with van der Waals surface area (Å²) in [6.07, 6.45) is 3.10. The van der Waals surface area contributed by atoms with E-state index >= 15 is 0 Å². The number of rotatable bonds is 7. The first kappa shape index (κ1) is 12.9. The van der Waals surface area contributed by atoms with Crippen molar-refractivity contribution < 1.29 is 9.59 Å². The lowest BCUT2D eigenvalue weighted by molar-refractivity contribution is -0.124. The molecule has 3 N–H and O–H groups in total. The molecule has 0 atom stereocenters. The molecule has 0 aromatic rings. The van der Waals surface area contributed by atoms with Crippen molar-refractivity contribution >= 4 is 11.8 Å². The van der Waals surface area contributed by atoms with Crippen LogP contribution in [0.4, 0.5) is 0 Å². The van der Waals surface area contributed by atoms with Gasteiger partial charge in [0.2, 0.25) is 11.8 Å². The van der Waals surface area contributed by atoms with E-state index in [2.05, 4.69) is 5.32 Å². The van der Waals surface area contributed by atoms with Gasteiger partial charge in [0.25, 0.3) is 0 Å². The fourth-order valence-corrected chi connectivity index (χ4v) is 1.02. The first-order valence-electron chi connectivity index (χ1n) is 5.10. The van der Waals surface area contributed by atoms with Crippen molar-refractivity contribution in [1.82, 2.24) is 5.32 Å². The number of carbonyl (C=O) groups excluding carboxylic acids is 2. The largest absolute Gasteiger partial charge is 0.370 e. The van der Waals surface area contributed by atoms with Crippen molar-refractivity contribution in [2.45, 2.75) is 39.5 Å². The highest BCUT2D eigenvalue weighted by Crippen LogP contribution is 1.98. The maximum atomic E-state index is 11.1. The number of nitrogens with one attached hydrogen (secondary N) is 1. The molecule has 82 valence electrons. The SMILES string of the molecule is CC(C)C(=O)NCCCCCC(N)=O. The van der Waals surface area contributed by atoms with E-state index in [-0.39, 0.29) is 17.7 Å². The van der Waals surface area contributed by atoms with Gasteiger partial charge in [-0.05, 0) is 12.8 Å². The molecule has 0 fully saturated rings. The Bertz CT molecular complexity index is 191. The standard InChI is InChI=1S/C10H20N2O2/c1-8(2)10(14)12-7-5-3-4-6-9(11)13/h8H,3-7H2,1-2H3,(H2,11,13)(H,12,14). The zero-order valence-corrected chi connectivity index (χ0v) is 9.01. The lowest BCUT2D eigenvalue weighted by Crippen LogP contribution is -2.28. The smallest absolute Gasteiger partial charge is 0.222 e. The molecule has 0 aromatic heterocycles. The van der Waals surface area contributed by atoms with Crippen molar-refractivity contribution in [1.29, 1.82) is 0 Å². The van der Waals surface area contributed by atoms with E-state index in [4.69, 9.17) is 5.73 Å². The summed E-state index contributed by atoms with van der Waals surface area (Å²) in [5, 5.41) is 2.82. The second-order valence-corrected chi connectivity index (χ2v) is 3.72. The number of hydrogen-bond acceptors (Lipinski definition) is 2. The van der Waals surface area contributed by atoms with Crippen LogP contribution in [-0.4, -0.2) is 18.4 Å². The molecule has 0 rings (SSSR count). The fourth-order valence-electron chi connectivity index (χ4n) is 1.02. The van der Waals surface area contributed by atoms with E-state index in [1.807, 2.05) is 13.8 Å². The van der Waals surface area contributed by atoms with Gasteiger partial charge in [0.15, 0.2) is 0 Å². The zero-order chi connectivity index (χ0) is 11.0. The average Bonchev–Trinajstić information content (AvgIpc) is 2.09. The summed E-state index contributed by atoms with van der Waals surface area (Å²) in [6.45, 7) is 4.42. The maximum absolute atomic E-state index is 11.1. The molecule has 14 heavy (non-hydrogen) atoms. The van der Waals surface area contributed by atoms with Crippen molar-refractivity contribution in [3.63, 3.8) is 0 Å². The van der Waals surface area contributed by atoms with E-state index in [1.165, 1.54) is 0 Å². The first-order valence-corrected chi connectivity index (χ1v) is 5.10. The molecule has 4 nitrogen and oxygen atoms in total. The van der Waals surface area contributed by atoms with Crippen LogP contribution >= 0.6 is 0 Å². The molecule has 0 radical (unpaired) electrons. The summed E-state index contributed by atoms with van der Waals surface area (Å²) in [7, 11) is 0. The third kappa shape index (κ3) is 7.58. The van der Waals surface area contributed by atoms with Gasteiger partial charge < -0.3 is 11.1 Å². The summed E-state index contributed by atoms with van der Waals surface area (Å²) in [5.41, 5.74) is 4.99. The van der Waals surface area contributed by atoms with Crippen molar-refractivity contribution in [3.05, 3.63) is 0 Å². The molecule has 0 saturated heterocycles. The molecule has 0 aliphatic carbocycles. The number of amides is 2. The number of carbonyl (C=O) groups is 2. The fraction of sp³-hybridized carbons (Fsp3) is 0.800. The summed E-state index contributed by atoms with van der Waals surface area (Å²) >= 11 is 0. The molecule has 4 heteroatoms. The average molecular weight is 200 g/mol. The number of primary amides is 1. The van der Waals surface area contributed by atoms with Gasteiger partial charge in [0, 0.05) is 18.9 Å². The molecule has 0 aliphatic heterocycles. The summed E-state index contributed by atoms with van der Waals surface area (Å²) in [6, 6.07) is 0. The van der Waals surface area contributed by atoms with Gasteiger partial charge in [-0.3, -0.25) is 9.59 Å². The first-order chi connectivity index (χ1) is 6.54. The molecule has 0 spiro atoms. The van der Waals surface area contributed by atoms with E-state index < -0.39 is 0 Å². The zero-order valence-electron chi connectivity index (χ0n) is 9.01. The highest BCUT2D eigenvalue weighted by atomic mass is 16.2. The van der Waals surface area contributed by atoms with Crippen molar-refractivity contribution in [2.75, 3.05) is 6.54 Å². The predicted octanol–water partition coefficient (Wildman–Crippen LogP) is 0.804. The van der Waals surface area contributed by atoms with Gasteiger partial charge in [0.1, 0.15) is 0 Å². The van der Waals surface area contributed by atoms with Crippen LogP contribution in [0.3, 0.4) is 0 Å². The Labute approximate surface area is 85.2 Å². The Balaban J connectivity index is 3.22. The topological polar surface area (TPSA) is 72.2 Å². The quantitative estimate of drug-likeness (QED) is 0.597.